The fraction of sp³-hybridized carbons (Fsp3) is 0.500. The molecule has 0 radical (unpaired) electrons. The second kappa shape index (κ2) is 9.17. The third kappa shape index (κ3) is 5.90. The predicted molar refractivity (Wildman–Crippen MR) is 80.0 cm³/mol. The number of hydrogen-bond acceptors (Lipinski definition) is 5. The van der Waals surface area contributed by atoms with E-state index >= 15 is 0 Å². The van der Waals surface area contributed by atoms with E-state index in [1.54, 1.807) is 7.11 Å². The Morgan fingerprint density at radius 1 is 1.25 bits per heavy atom. The number of anilines is 2. The average molecular weight is 281 g/mol. The fourth-order valence-corrected chi connectivity index (χ4v) is 1.82. The van der Waals surface area contributed by atoms with Gasteiger partial charge in [-0.3, -0.25) is 5.32 Å². The molecule has 20 heavy (non-hydrogen) atoms. The fourth-order valence-electron chi connectivity index (χ4n) is 1.82. The highest BCUT2D eigenvalue weighted by Crippen LogP contribution is 2.16. The number of rotatable bonds is 8. The highest BCUT2D eigenvalue weighted by Gasteiger charge is 2.08. The maximum Gasteiger partial charge on any atom is 0.411 e. The summed E-state index contributed by atoms with van der Waals surface area (Å²) in [5.41, 5.74) is 7.18. The molecule has 0 saturated carbocycles. The molecule has 4 N–H and O–H groups in total. The standard InChI is InChI=1S/C14H23N3O3/c1-19-10-13(4-3-9-15)16-11-5-7-12(8-6-11)17-14(18)20-2/h5-8,13,16H,3-4,9-10,15H2,1-2H3,(H,17,18). The molecule has 1 atom stereocenters. The van der Waals surface area contributed by atoms with Crippen LogP contribution in [0.2, 0.25) is 0 Å². The molecule has 0 aromatic heterocycles. The van der Waals surface area contributed by atoms with Crippen molar-refractivity contribution in [3.05, 3.63) is 24.3 Å². The average Bonchev–Trinajstić information content (AvgIpc) is 2.47. The van der Waals surface area contributed by atoms with Gasteiger partial charge in [-0.1, -0.05) is 0 Å². The Morgan fingerprint density at radius 3 is 2.45 bits per heavy atom. The number of nitrogens with one attached hydrogen (secondary N) is 2. The molecule has 6 nitrogen and oxygen atoms in total. The normalized spacial score (nSPS) is 11.8. The summed E-state index contributed by atoms with van der Waals surface area (Å²) in [7, 11) is 3.01. The van der Waals surface area contributed by atoms with Gasteiger partial charge in [0.2, 0.25) is 0 Å². The van der Waals surface area contributed by atoms with Crippen LogP contribution in [0.4, 0.5) is 16.2 Å². The Hall–Kier alpha value is -1.79. The number of benzene rings is 1. The van der Waals surface area contributed by atoms with E-state index in [4.69, 9.17) is 10.5 Å². The summed E-state index contributed by atoms with van der Waals surface area (Å²) >= 11 is 0. The zero-order chi connectivity index (χ0) is 14.8. The SMILES string of the molecule is COCC(CCCN)Nc1ccc(NC(=O)OC)cc1. The molecule has 112 valence electrons. The van der Waals surface area contributed by atoms with E-state index in [2.05, 4.69) is 15.4 Å². The molecule has 0 aliphatic rings. The van der Waals surface area contributed by atoms with Gasteiger partial charge in [0.05, 0.1) is 13.7 Å². The van der Waals surface area contributed by atoms with E-state index in [0.717, 1.165) is 18.5 Å². The van der Waals surface area contributed by atoms with Crippen LogP contribution >= 0.6 is 0 Å². The Kier molecular flexibility index (Phi) is 7.46. The molecule has 1 amide bonds. The van der Waals surface area contributed by atoms with Crippen molar-refractivity contribution in [1.82, 2.24) is 0 Å². The van der Waals surface area contributed by atoms with Crippen molar-refractivity contribution in [3.8, 4) is 0 Å². The van der Waals surface area contributed by atoms with Crippen molar-refractivity contribution in [2.45, 2.75) is 18.9 Å². The first kappa shape index (κ1) is 16.3. The van der Waals surface area contributed by atoms with Crippen LogP contribution in [0, 0.1) is 0 Å². The molecule has 0 fully saturated rings. The van der Waals surface area contributed by atoms with Gasteiger partial charge in [-0.2, -0.15) is 0 Å². The maximum absolute atomic E-state index is 11.1. The van der Waals surface area contributed by atoms with Crippen molar-refractivity contribution >= 4 is 17.5 Å². The minimum Gasteiger partial charge on any atom is -0.453 e. The smallest absolute Gasteiger partial charge is 0.411 e. The van der Waals surface area contributed by atoms with Gasteiger partial charge in [0, 0.05) is 24.5 Å². The quantitative estimate of drug-likeness (QED) is 0.679. The zero-order valence-electron chi connectivity index (χ0n) is 12.0. The number of nitrogens with two attached hydrogens (primary N) is 1. The highest BCUT2D eigenvalue weighted by atomic mass is 16.5. The molecule has 1 rings (SSSR count). The number of amides is 1. The number of carbonyl (C=O) groups is 1. The minimum absolute atomic E-state index is 0.225. The van der Waals surface area contributed by atoms with Gasteiger partial charge in [-0.05, 0) is 43.7 Å². The summed E-state index contributed by atoms with van der Waals surface area (Å²) < 4.78 is 9.72. The Bertz CT molecular complexity index is 395. The molecule has 1 aromatic carbocycles. The largest absolute Gasteiger partial charge is 0.453 e. The van der Waals surface area contributed by atoms with Gasteiger partial charge >= 0.3 is 6.09 Å². The first-order valence-electron chi connectivity index (χ1n) is 6.60. The van der Waals surface area contributed by atoms with E-state index in [9.17, 15) is 4.79 Å². The second-order valence-corrected chi connectivity index (χ2v) is 4.42. The Morgan fingerprint density at radius 2 is 1.90 bits per heavy atom. The molecule has 1 aromatic rings. The molecule has 0 spiro atoms. The van der Waals surface area contributed by atoms with E-state index in [0.29, 0.717) is 18.8 Å². The summed E-state index contributed by atoms with van der Waals surface area (Å²) in [6.07, 6.45) is 1.42. The molecule has 0 bridgehead atoms. The lowest BCUT2D eigenvalue weighted by molar-refractivity contribution is 0.182. The van der Waals surface area contributed by atoms with Crippen molar-refractivity contribution in [3.63, 3.8) is 0 Å². The molecule has 0 saturated heterocycles. The van der Waals surface area contributed by atoms with Gasteiger partial charge in [0.25, 0.3) is 0 Å². The molecule has 6 heteroatoms. The Labute approximate surface area is 119 Å². The number of carbonyl (C=O) groups excluding carboxylic acids is 1. The Balaban J connectivity index is 2.55. The summed E-state index contributed by atoms with van der Waals surface area (Å²) in [5, 5.41) is 5.99. The minimum atomic E-state index is -0.481. The van der Waals surface area contributed by atoms with Gasteiger partial charge in [-0.25, -0.2) is 4.79 Å². The van der Waals surface area contributed by atoms with Gasteiger partial charge in [0.1, 0.15) is 0 Å². The highest BCUT2D eigenvalue weighted by molar-refractivity contribution is 5.84. The van der Waals surface area contributed by atoms with E-state index in [1.165, 1.54) is 7.11 Å². The van der Waals surface area contributed by atoms with Crippen molar-refractivity contribution < 1.29 is 14.3 Å². The van der Waals surface area contributed by atoms with Crippen LogP contribution in [-0.4, -0.2) is 39.5 Å². The van der Waals surface area contributed by atoms with Crippen LogP contribution in [0.25, 0.3) is 0 Å². The van der Waals surface area contributed by atoms with Crippen molar-refractivity contribution in [1.29, 1.82) is 0 Å². The maximum atomic E-state index is 11.1. The van der Waals surface area contributed by atoms with Crippen LogP contribution in [-0.2, 0) is 9.47 Å². The number of methoxy groups -OCH3 is 2. The van der Waals surface area contributed by atoms with Crippen LogP contribution in [0.1, 0.15) is 12.8 Å². The van der Waals surface area contributed by atoms with E-state index < -0.39 is 6.09 Å². The first-order chi connectivity index (χ1) is 9.69. The molecule has 0 aliphatic carbocycles. The molecular weight excluding hydrogens is 258 g/mol. The number of ether oxygens (including phenoxy) is 2. The van der Waals surface area contributed by atoms with Crippen molar-refractivity contribution in [2.75, 3.05) is 38.0 Å². The lowest BCUT2D eigenvalue weighted by atomic mass is 10.1. The van der Waals surface area contributed by atoms with Crippen LogP contribution in [0.5, 0.6) is 0 Å². The van der Waals surface area contributed by atoms with E-state index in [1.807, 2.05) is 24.3 Å². The lowest BCUT2D eigenvalue weighted by Gasteiger charge is -2.19. The molecule has 1 unspecified atom stereocenters. The molecular formula is C14H23N3O3. The monoisotopic (exact) mass is 281 g/mol. The lowest BCUT2D eigenvalue weighted by Crippen LogP contribution is -2.25. The summed E-state index contributed by atoms with van der Waals surface area (Å²) in [6.45, 7) is 1.30. The number of hydrogen-bond donors (Lipinski definition) is 3. The van der Waals surface area contributed by atoms with Gasteiger partial charge in [0.15, 0.2) is 0 Å². The second-order valence-electron chi connectivity index (χ2n) is 4.42. The molecule has 0 heterocycles. The van der Waals surface area contributed by atoms with Crippen molar-refractivity contribution in [2.24, 2.45) is 5.73 Å². The van der Waals surface area contributed by atoms with Crippen LogP contribution < -0.4 is 16.4 Å². The first-order valence-corrected chi connectivity index (χ1v) is 6.60. The third-order valence-corrected chi connectivity index (χ3v) is 2.81. The summed E-state index contributed by atoms with van der Waals surface area (Å²) in [4.78, 5) is 11.1. The summed E-state index contributed by atoms with van der Waals surface area (Å²) in [6, 6.07) is 7.65. The van der Waals surface area contributed by atoms with Gasteiger partial charge in [-0.15, -0.1) is 0 Å². The topological polar surface area (TPSA) is 85.6 Å². The third-order valence-electron chi connectivity index (χ3n) is 2.81. The summed E-state index contributed by atoms with van der Waals surface area (Å²) in [5.74, 6) is 0. The zero-order valence-corrected chi connectivity index (χ0v) is 12.0. The van der Waals surface area contributed by atoms with E-state index in [-0.39, 0.29) is 6.04 Å². The van der Waals surface area contributed by atoms with Crippen LogP contribution in [0.15, 0.2) is 24.3 Å². The van der Waals surface area contributed by atoms with Crippen LogP contribution in [0.3, 0.4) is 0 Å². The van der Waals surface area contributed by atoms with Gasteiger partial charge < -0.3 is 20.5 Å². The molecule has 0 aliphatic heterocycles. The predicted octanol–water partition coefficient (Wildman–Crippen LogP) is 2.03.